The average Bonchev–Trinajstić information content (AvgIpc) is 3.11. The molecule has 0 atom stereocenters. The number of nitrogens with zero attached hydrogens (tertiary/aromatic N) is 2. The molecule has 1 aliphatic rings. The van der Waals surface area contributed by atoms with E-state index in [4.69, 9.17) is 0 Å². The van der Waals surface area contributed by atoms with E-state index in [0.29, 0.717) is 12.5 Å². The molecule has 1 amide bonds. The van der Waals surface area contributed by atoms with Gasteiger partial charge >= 0.3 is 0 Å². The zero-order valence-electron chi connectivity index (χ0n) is 11.2. The van der Waals surface area contributed by atoms with Crippen LogP contribution >= 0.6 is 0 Å². The van der Waals surface area contributed by atoms with E-state index < -0.39 is 0 Å². The first-order valence-electron chi connectivity index (χ1n) is 6.93. The summed E-state index contributed by atoms with van der Waals surface area (Å²) >= 11 is 0. The Labute approximate surface area is 118 Å². The Morgan fingerprint density at radius 1 is 1.35 bits per heavy atom. The monoisotopic (exact) mass is 270 g/mol. The number of para-hydroxylation sites is 2. The van der Waals surface area contributed by atoms with Crippen LogP contribution in [-0.2, 0) is 4.79 Å². The molecule has 5 heteroatoms. The van der Waals surface area contributed by atoms with Crippen molar-refractivity contribution in [3.63, 3.8) is 0 Å². The van der Waals surface area contributed by atoms with Crippen LogP contribution in [0.3, 0.4) is 0 Å². The van der Waals surface area contributed by atoms with E-state index in [2.05, 4.69) is 15.6 Å². The molecule has 1 heterocycles. The number of benzene rings is 1. The van der Waals surface area contributed by atoms with Crippen LogP contribution in [0.1, 0.15) is 19.3 Å². The van der Waals surface area contributed by atoms with E-state index >= 15 is 0 Å². The first-order chi connectivity index (χ1) is 9.83. The van der Waals surface area contributed by atoms with E-state index in [-0.39, 0.29) is 5.91 Å². The van der Waals surface area contributed by atoms with Crippen molar-refractivity contribution in [2.75, 3.05) is 11.9 Å². The third-order valence-corrected chi connectivity index (χ3v) is 3.32. The molecule has 1 fully saturated rings. The SMILES string of the molecule is O=C(CCNC1CC1)Nc1ccccc1-n1ccnc1. The molecule has 0 saturated heterocycles. The van der Waals surface area contributed by atoms with Crippen LogP contribution < -0.4 is 10.6 Å². The normalized spacial score (nSPS) is 14.2. The van der Waals surface area contributed by atoms with Crippen LogP contribution in [0.5, 0.6) is 0 Å². The lowest BCUT2D eigenvalue weighted by molar-refractivity contribution is -0.116. The van der Waals surface area contributed by atoms with Crippen LogP contribution in [0.2, 0.25) is 0 Å². The zero-order valence-corrected chi connectivity index (χ0v) is 11.2. The topological polar surface area (TPSA) is 59.0 Å². The van der Waals surface area contributed by atoms with Gasteiger partial charge in [-0.15, -0.1) is 0 Å². The highest BCUT2D eigenvalue weighted by Gasteiger charge is 2.20. The van der Waals surface area contributed by atoms with Gasteiger partial charge in [0.1, 0.15) is 0 Å². The molecule has 104 valence electrons. The summed E-state index contributed by atoms with van der Waals surface area (Å²) in [6.07, 6.45) is 8.28. The smallest absolute Gasteiger partial charge is 0.225 e. The number of nitrogens with one attached hydrogen (secondary N) is 2. The van der Waals surface area contributed by atoms with Crippen molar-refractivity contribution in [1.29, 1.82) is 0 Å². The van der Waals surface area contributed by atoms with Gasteiger partial charge in [0.2, 0.25) is 5.91 Å². The highest BCUT2D eigenvalue weighted by Crippen LogP contribution is 2.20. The number of hydrogen-bond donors (Lipinski definition) is 2. The number of anilines is 1. The molecule has 20 heavy (non-hydrogen) atoms. The third kappa shape index (κ3) is 3.24. The van der Waals surface area contributed by atoms with Gasteiger partial charge in [-0.25, -0.2) is 4.98 Å². The molecular formula is C15H18N4O. The lowest BCUT2D eigenvalue weighted by Crippen LogP contribution is -2.23. The number of hydrogen-bond acceptors (Lipinski definition) is 3. The van der Waals surface area contributed by atoms with Gasteiger partial charge in [-0.05, 0) is 25.0 Å². The molecule has 3 rings (SSSR count). The second kappa shape index (κ2) is 5.88. The minimum atomic E-state index is 0.0331. The Morgan fingerprint density at radius 2 is 2.20 bits per heavy atom. The predicted octanol–water partition coefficient (Wildman–Crippen LogP) is 1.95. The van der Waals surface area contributed by atoms with Gasteiger partial charge < -0.3 is 15.2 Å². The van der Waals surface area contributed by atoms with Gasteiger partial charge in [0.25, 0.3) is 0 Å². The highest BCUT2D eigenvalue weighted by molar-refractivity contribution is 5.92. The van der Waals surface area contributed by atoms with E-state index in [1.807, 2.05) is 35.0 Å². The van der Waals surface area contributed by atoms with Crippen LogP contribution in [0.25, 0.3) is 5.69 Å². The van der Waals surface area contributed by atoms with Gasteiger partial charge in [-0.1, -0.05) is 12.1 Å². The van der Waals surface area contributed by atoms with Crippen molar-refractivity contribution in [2.45, 2.75) is 25.3 Å². The molecule has 0 radical (unpaired) electrons. The van der Waals surface area contributed by atoms with Gasteiger partial charge in [-0.2, -0.15) is 0 Å². The van der Waals surface area contributed by atoms with E-state index in [0.717, 1.165) is 17.9 Å². The van der Waals surface area contributed by atoms with Crippen LogP contribution in [0.15, 0.2) is 43.0 Å². The molecule has 0 unspecified atom stereocenters. The molecule has 1 aliphatic carbocycles. The lowest BCUT2D eigenvalue weighted by Gasteiger charge is -2.11. The molecule has 0 spiro atoms. The lowest BCUT2D eigenvalue weighted by atomic mass is 10.2. The van der Waals surface area contributed by atoms with Crippen LogP contribution in [0.4, 0.5) is 5.69 Å². The Bertz CT molecular complexity index is 575. The van der Waals surface area contributed by atoms with Gasteiger partial charge in [0.15, 0.2) is 0 Å². The second-order valence-electron chi connectivity index (χ2n) is 5.01. The average molecular weight is 270 g/mol. The Kier molecular flexibility index (Phi) is 3.78. The van der Waals surface area contributed by atoms with Crippen molar-refractivity contribution < 1.29 is 4.79 Å². The first kappa shape index (κ1) is 12.9. The van der Waals surface area contributed by atoms with Gasteiger partial charge in [0, 0.05) is 31.4 Å². The van der Waals surface area contributed by atoms with Gasteiger partial charge in [0.05, 0.1) is 17.7 Å². The molecule has 5 nitrogen and oxygen atoms in total. The molecule has 1 aromatic heterocycles. The summed E-state index contributed by atoms with van der Waals surface area (Å²) in [7, 11) is 0. The minimum Gasteiger partial charge on any atom is -0.324 e. The number of carbonyl (C=O) groups excluding carboxylic acids is 1. The summed E-state index contributed by atoms with van der Waals surface area (Å²) in [5, 5.41) is 6.30. The molecule has 2 aromatic rings. The number of aromatic nitrogens is 2. The van der Waals surface area contributed by atoms with Crippen molar-refractivity contribution in [2.24, 2.45) is 0 Å². The summed E-state index contributed by atoms with van der Waals surface area (Å²) in [5.41, 5.74) is 1.73. The van der Waals surface area contributed by atoms with Gasteiger partial charge in [-0.3, -0.25) is 4.79 Å². The molecule has 1 aromatic carbocycles. The Balaban J connectivity index is 1.62. The van der Waals surface area contributed by atoms with Crippen molar-refractivity contribution in [1.82, 2.24) is 14.9 Å². The summed E-state index contributed by atoms with van der Waals surface area (Å²) in [6.45, 7) is 0.740. The quantitative estimate of drug-likeness (QED) is 0.843. The fourth-order valence-electron chi connectivity index (χ4n) is 2.10. The van der Waals surface area contributed by atoms with Crippen LogP contribution in [0, 0.1) is 0 Å². The molecule has 0 bridgehead atoms. The second-order valence-corrected chi connectivity index (χ2v) is 5.01. The maximum atomic E-state index is 12.0. The Morgan fingerprint density at radius 3 is 2.95 bits per heavy atom. The molecular weight excluding hydrogens is 252 g/mol. The third-order valence-electron chi connectivity index (χ3n) is 3.32. The van der Waals surface area contributed by atoms with E-state index in [9.17, 15) is 4.79 Å². The summed E-state index contributed by atoms with van der Waals surface area (Å²) in [5.74, 6) is 0.0331. The van der Waals surface area contributed by atoms with E-state index in [1.165, 1.54) is 12.8 Å². The molecule has 0 aliphatic heterocycles. The maximum Gasteiger partial charge on any atom is 0.225 e. The molecule has 2 N–H and O–H groups in total. The number of carbonyl (C=O) groups is 1. The number of amides is 1. The number of imidazole rings is 1. The summed E-state index contributed by atoms with van der Waals surface area (Å²) < 4.78 is 1.89. The van der Waals surface area contributed by atoms with E-state index in [1.54, 1.807) is 12.5 Å². The maximum absolute atomic E-state index is 12.0. The zero-order chi connectivity index (χ0) is 13.8. The molecule has 1 saturated carbocycles. The highest BCUT2D eigenvalue weighted by atomic mass is 16.1. The van der Waals surface area contributed by atoms with Crippen molar-refractivity contribution in [3.05, 3.63) is 43.0 Å². The van der Waals surface area contributed by atoms with Crippen molar-refractivity contribution in [3.8, 4) is 5.69 Å². The first-order valence-corrected chi connectivity index (χ1v) is 6.93. The fraction of sp³-hybridized carbons (Fsp3) is 0.333. The largest absolute Gasteiger partial charge is 0.324 e. The Hall–Kier alpha value is -2.14. The predicted molar refractivity (Wildman–Crippen MR) is 77.8 cm³/mol. The summed E-state index contributed by atoms with van der Waals surface area (Å²) in [6, 6.07) is 8.36. The number of rotatable bonds is 6. The summed E-state index contributed by atoms with van der Waals surface area (Å²) in [4.78, 5) is 16.0. The fourth-order valence-corrected chi connectivity index (χ4v) is 2.10. The standard InChI is InChI=1S/C15H18N4O/c20-15(7-8-17-12-5-6-12)18-13-3-1-2-4-14(13)19-10-9-16-11-19/h1-4,9-12,17H,5-8H2,(H,18,20). The van der Waals surface area contributed by atoms with Crippen molar-refractivity contribution >= 4 is 11.6 Å². The van der Waals surface area contributed by atoms with Crippen LogP contribution in [-0.4, -0.2) is 28.0 Å². The minimum absolute atomic E-state index is 0.0331.